The molecule has 0 aliphatic carbocycles. The zero-order chi connectivity index (χ0) is 15.2. The monoisotopic (exact) mass is 295 g/mol. The van der Waals surface area contributed by atoms with Gasteiger partial charge < -0.3 is 5.32 Å². The van der Waals surface area contributed by atoms with Crippen molar-refractivity contribution in [3.8, 4) is 0 Å². The Hall–Kier alpha value is -1.71. The quantitative estimate of drug-likeness (QED) is 0.940. The molecule has 1 fully saturated rings. The van der Waals surface area contributed by atoms with Crippen LogP contribution in [0.4, 0.5) is 0 Å². The Morgan fingerprint density at radius 3 is 2.91 bits per heavy atom. The molecule has 1 aromatic heterocycles. The van der Waals surface area contributed by atoms with Gasteiger partial charge in [-0.3, -0.25) is 9.88 Å². The molecule has 0 radical (unpaired) electrons. The van der Waals surface area contributed by atoms with E-state index in [0.29, 0.717) is 6.04 Å². The highest BCUT2D eigenvalue weighted by molar-refractivity contribution is 5.26. The van der Waals surface area contributed by atoms with Crippen LogP contribution in [0.1, 0.15) is 29.3 Å². The van der Waals surface area contributed by atoms with Gasteiger partial charge in [-0.25, -0.2) is 0 Å². The van der Waals surface area contributed by atoms with E-state index in [-0.39, 0.29) is 0 Å². The molecule has 2 heterocycles. The number of hydrogen-bond acceptors (Lipinski definition) is 3. The molecule has 3 nitrogen and oxygen atoms in total. The second-order valence-electron chi connectivity index (χ2n) is 6.09. The number of hydrogen-bond donors (Lipinski definition) is 1. The Balaban J connectivity index is 1.87. The molecule has 1 unspecified atom stereocenters. The molecule has 0 saturated carbocycles. The van der Waals surface area contributed by atoms with Gasteiger partial charge in [-0.15, -0.1) is 0 Å². The van der Waals surface area contributed by atoms with E-state index in [1.165, 1.54) is 23.2 Å². The van der Waals surface area contributed by atoms with Gasteiger partial charge in [-0.1, -0.05) is 35.9 Å². The van der Waals surface area contributed by atoms with Crippen LogP contribution in [0, 0.1) is 6.92 Å². The maximum atomic E-state index is 4.54. The fourth-order valence-corrected chi connectivity index (χ4v) is 3.23. The molecule has 1 aliphatic rings. The van der Waals surface area contributed by atoms with Gasteiger partial charge in [0.15, 0.2) is 0 Å². The molecule has 3 heteroatoms. The largest absolute Gasteiger partial charge is 0.315 e. The number of aromatic nitrogens is 1. The van der Waals surface area contributed by atoms with Gasteiger partial charge in [-0.05, 0) is 37.6 Å². The van der Waals surface area contributed by atoms with Crippen molar-refractivity contribution in [2.75, 3.05) is 26.2 Å². The zero-order valence-corrected chi connectivity index (χ0v) is 13.3. The third-order valence-corrected chi connectivity index (χ3v) is 4.37. The molecule has 1 aromatic carbocycles. The van der Waals surface area contributed by atoms with Gasteiger partial charge >= 0.3 is 0 Å². The van der Waals surface area contributed by atoms with Crippen molar-refractivity contribution in [1.82, 2.24) is 15.2 Å². The number of benzene rings is 1. The fraction of sp³-hybridized carbons (Fsp3) is 0.421. The molecule has 1 aliphatic heterocycles. The summed E-state index contributed by atoms with van der Waals surface area (Å²) in [6.45, 7) is 6.63. The highest BCUT2D eigenvalue weighted by Crippen LogP contribution is 2.26. The average molecular weight is 295 g/mol. The van der Waals surface area contributed by atoms with Crippen molar-refractivity contribution in [2.45, 2.75) is 25.8 Å². The van der Waals surface area contributed by atoms with Crippen LogP contribution in [0.3, 0.4) is 0 Å². The first kappa shape index (κ1) is 15.2. The summed E-state index contributed by atoms with van der Waals surface area (Å²) in [6.07, 6.45) is 4.08. The lowest BCUT2D eigenvalue weighted by Crippen LogP contribution is -2.33. The summed E-state index contributed by atoms with van der Waals surface area (Å²) in [7, 11) is 0. The topological polar surface area (TPSA) is 28.2 Å². The van der Waals surface area contributed by atoms with Gasteiger partial charge in [-0.2, -0.15) is 0 Å². The molecule has 0 spiro atoms. The van der Waals surface area contributed by atoms with Crippen LogP contribution in [-0.4, -0.2) is 36.1 Å². The summed E-state index contributed by atoms with van der Waals surface area (Å²) in [4.78, 5) is 7.16. The number of nitrogens with zero attached hydrogens (tertiary/aromatic N) is 2. The first-order valence-electron chi connectivity index (χ1n) is 8.24. The van der Waals surface area contributed by atoms with Crippen LogP contribution < -0.4 is 5.32 Å². The lowest BCUT2D eigenvalue weighted by Gasteiger charge is -2.31. The van der Waals surface area contributed by atoms with Gasteiger partial charge in [0.2, 0.25) is 0 Å². The molecule has 3 rings (SSSR count). The van der Waals surface area contributed by atoms with Gasteiger partial charge in [0.1, 0.15) is 0 Å². The predicted octanol–water partition coefficient (Wildman–Crippen LogP) is 2.97. The van der Waals surface area contributed by atoms with Crippen molar-refractivity contribution < 1.29 is 0 Å². The van der Waals surface area contributed by atoms with E-state index in [1.54, 1.807) is 0 Å². The molecule has 1 atom stereocenters. The minimum Gasteiger partial charge on any atom is -0.315 e. The average Bonchev–Trinajstić information content (AvgIpc) is 2.83. The third kappa shape index (κ3) is 3.93. The van der Waals surface area contributed by atoms with E-state index in [9.17, 15) is 0 Å². The number of rotatable bonds is 4. The molecular weight excluding hydrogens is 270 g/mol. The summed E-state index contributed by atoms with van der Waals surface area (Å²) in [6, 6.07) is 15.6. The maximum absolute atomic E-state index is 4.54. The van der Waals surface area contributed by atoms with E-state index in [2.05, 4.69) is 58.5 Å². The van der Waals surface area contributed by atoms with E-state index >= 15 is 0 Å². The highest BCUT2D eigenvalue weighted by Gasteiger charge is 2.22. The lowest BCUT2D eigenvalue weighted by atomic mass is 9.98. The summed E-state index contributed by atoms with van der Waals surface area (Å²) < 4.78 is 0. The summed E-state index contributed by atoms with van der Waals surface area (Å²) in [5, 5.41) is 3.50. The SMILES string of the molecule is Cc1cccc(C(Cc2ccccn2)N2CCCNCC2)c1. The normalized spacial score (nSPS) is 17.9. The summed E-state index contributed by atoms with van der Waals surface area (Å²) >= 11 is 0. The minimum absolute atomic E-state index is 0.412. The van der Waals surface area contributed by atoms with E-state index in [1.807, 2.05) is 12.3 Å². The lowest BCUT2D eigenvalue weighted by molar-refractivity contribution is 0.208. The molecular formula is C19H25N3. The predicted molar refractivity (Wildman–Crippen MR) is 90.9 cm³/mol. The van der Waals surface area contributed by atoms with Crippen LogP contribution in [0.5, 0.6) is 0 Å². The molecule has 116 valence electrons. The standard InChI is InChI=1S/C19H25N3/c1-16-6-4-7-17(14-16)19(15-18-8-2-3-10-21-18)22-12-5-9-20-11-13-22/h2-4,6-8,10,14,19-20H,5,9,11-13,15H2,1H3. The highest BCUT2D eigenvalue weighted by atomic mass is 15.2. The van der Waals surface area contributed by atoms with Crippen molar-refractivity contribution in [1.29, 1.82) is 0 Å². The van der Waals surface area contributed by atoms with Crippen LogP contribution in [0.25, 0.3) is 0 Å². The van der Waals surface area contributed by atoms with Crippen molar-refractivity contribution in [3.63, 3.8) is 0 Å². The number of aryl methyl sites for hydroxylation is 1. The Labute approximate surface area is 133 Å². The van der Waals surface area contributed by atoms with Gasteiger partial charge in [0.25, 0.3) is 0 Å². The number of pyridine rings is 1. The fourth-order valence-electron chi connectivity index (χ4n) is 3.23. The molecule has 0 bridgehead atoms. The maximum Gasteiger partial charge on any atom is 0.0422 e. The number of nitrogens with one attached hydrogen (secondary N) is 1. The minimum atomic E-state index is 0.412. The van der Waals surface area contributed by atoms with E-state index in [4.69, 9.17) is 0 Å². The Kier molecular flexibility index (Phi) is 5.20. The molecule has 1 saturated heterocycles. The second-order valence-corrected chi connectivity index (χ2v) is 6.09. The Morgan fingerprint density at radius 1 is 1.14 bits per heavy atom. The van der Waals surface area contributed by atoms with Crippen LogP contribution in [-0.2, 0) is 6.42 Å². The van der Waals surface area contributed by atoms with Crippen LogP contribution in [0.2, 0.25) is 0 Å². The zero-order valence-electron chi connectivity index (χ0n) is 13.3. The van der Waals surface area contributed by atoms with Crippen molar-refractivity contribution in [3.05, 3.63) is 65.5 Å². The van der Waals surface area contributed by atoms with Gasteiger partial charge in [0.05, 0.1) is 0 Å². The van der Waals surface area contributed by atoms with Crippen molar-refractivity contribution in [2.24, 2.45) is 0 Å². The van der Waals surface area contributed by atoms with Crippen molar-refractivity contribution >= 4 is 0 Å². The molecule has 0 amide bonds. The Morgan fingerprint density at radius 2 is 2.09 bits per heavy atom. The smallest absolute Gasteiger partial charge is 0.0422 e. The third-order valence-electron chi connectivity index (χ3n) is 4.37. The first-order chi connectivity index (χ1) is 10.8. The summed E-state index contributed by atoms with van der Waals surface area (Å²) in [5.74, 6) is 0. The van der Waals surface area contributed by atoms with Gasteiger partial charge in [0, 0.05) is 44.0 Å². The molecule has 2 aromatic rings. The van der Waals surface area contributed by atoms with E-state index in [0.717, 1.165) is 32.6 Å². The van der Waals surface area contributed by atoms with E-state index < -0.39 is 0 Å². The summed E-state index contributed by atoms with van der Waals surface area (Å²) in [5.41, 5.74) is 3.91. The molecule has 1 N–H and O–H groups in total. The second kappa shape index (κ2) is 7.52. The first-order valence-corrected chi connectivity index (χ1v) is 8.24. The molecule has 22 heavy (non-hydrogen) atoms. The van der Waals surface area contributed by atoms with Crippen LogP contribution >= 0.6 is 0 Å². The van der Waals surface area contributed by atoms with Crippen LogP contribution in [0.15, 0.2) is 48.7 Å². The Bertz CT molecular complexity index is 574.